The molecule has 88 valence electrons. The number of carbonyl (C=O) groups is 1. The zero-order valence-corrected chi connectivity index (χ0v) is 11.5. The van der Waals surface area contributed by atoms with Crippen LogP contribution in [0.15, 0.2) is 0 Å². The van der Waals surface area contributed by atoms with Crippen LogP contribution in [0.1, 0.15) is 32.6 Å². The maximum Gasteiger partial charge on any atom is 0.220 e. The fourth-order valence-electron chi connectivity index (χ4n) is 1.84. The van der Waals surface area contributed by atoms with Crippen LogP contribution in [0.3, 0.4) is 0 Å². The van der Waals surface area contributed by atoms with Gasteiger partial charge in [-0.25, -0.2) is 0 Å². The van der Waals surface area contributed by atoms with Crippen LogP contribution in [0.25, 0.3) is 0 Å². The van der Waals surface area contributed by atoms with Crippen molar-refractivity contribution in [3.8, 4) is 0 Å². The Morgan fingerprint density at radius 3 is 2.87 bits per heavy atom. The summed E-state index contributed by atoms with van der Waals surface area (Å²) in [6.07, 6.45) is 4.30. The van der Waals surface area contributed by atoms with Crippen molar-refractivity contribution in [1.29, 1.82) is 0 Å². The molecule has 0 heterocycles. The summed E-state index contributed by atoms with van der Waals surface area (Å²) < 4.78 is 6.56. The molecule has 0 radical (unpaired) electrons. The van der Waals surface area contributed by atoms with Crippen molar-refractivity contribution in [3.63, 3.8) is 0 Å². The van der Waals surface area contributed by atoms with Gasteiger partial charge < -0.3 is 10.1 Å². The molecule has 1 fully saturated rings. The molecule has 0 unspecified atom stereocenters. The molecule has 0 bridgehead atoms. The number of carbonyl (C=O) groups excluding carboxylic acids is 1. The van der Waals surface area contributed by atoms with Crippen molar-refractivity contribution in [1.82, 2.24) is 5.32 Å². The van der Waals surface area contributed by atoms with Gasteiger partial charge in [-0.05, 0) is 32.1 Å². The van der Waals surface area contributed by atoms with Gasteiger partial charge in [0.2, 0.25) is 5.91 Å². The first-order chi connectivity index (χ1) is 7.26. The van der Waals surface area contributed by atoms with Crippen molar-refractivity contribution < 1.29 is 9.53 Å². The monoisotopic (exact) mass is 325 g/mol. The highest BCUT2D eigenvalue weighted by Crippen LogP contribution is 2.32. The molecule has 0 aromatic rings. The van der Waals surface area contributed by atoms with Crippen LogP contribution < -0.4 is 5.32 Å². The summed E-state index contributed by atoms with van der Waals surface area (Å²) in [6.45, 7) is 3.63. The standard InChI is InChI=1S/C11H20INO2/c1-2-15-10-6-9(7-10)8-11(14)13-5-3-4-12/h9-10H,2-8H2,1H3,(H,13,14). The Kier molecular flexibility index (Phi) is 6.56. The molecule has 1 amide bonds. The number of ether oxygens (including phenoxy) is 1. The van der Waals surface area contributed by atoms with E-state index in [4.69, 9.17) is 4.74 Å². The summed E-state index contributed by atoms with van der Waals surface area (Å²) in [5, 5.41) is 2.94. The molecule has 0 aliphatic heterocycles. The number of nitrogens with one attached hydrogen (secondary N) is 1. The van der Waals surface area contributed by atoms with Crippen LogP contribution in [0, 0.1) is 5.92 Å². The lowest BCUT2D eigenvalue weighted by Gasteiger charge is -2.34. The molecule has 1 aliphatic carbocycles. The van der Waals surface area contributed by atoms with Gasteiger partial charge in [0.15, 0.2) is 0 Å². The van der Waals surface area contributed by atoms with E-state index in [1.54, 1.807) is 0 Å². The smallest absolute Gasteiger partial charge is 0.220 e. The number of rotatable bonds is 7. The Balaban J connectivity index is 1.98. The normalized spacial score (nSPS) is 24.7. The minimum atomic E-state index is 0.208. The Morgan fingerprint density at radius 2 is 2.27 bits per heavy atom. The van der Waals surface area contributed by atoms with E-state index >= 15 is 0 Å². The van der Waals surface area contributed by atoms with E-state index in [1.807, 2.05) is 6.92 Å². The molecule has 0 aromatic heterocycles. The first-order valence-electron chi connectivity index (χ1n) is 5.70. The highest BCUT2D eigenvalue weighted by Gasteiger charge is 2.30. The highest BCUT2D eigenvalue weighted by molar-refractivity contribution is 14.1. The minimum Gasteiger partial charge on any atom is -0.378 e. The molecule has 4 heteroatoms. The number of hydrogen-bond donors (Lipinski definition) is 1. The van der Waals surface area contributed by atoms with E-state index in [0.29, 0.717) is 18.4 Å². The molecule has 1 N–H and O–H groups in total. The van der Waals surface area contributed by atoms with Gasteiger partial charge in [0, 0.05) is 24.0 Å². The molecule has 1 aliphatic rings. The van der Waals surface area contributed by atoms with Gasteiger partial charge in [-0.15, -0.1) is 0 Å². The van der Waals surface area contributed by atoms with Gasteiger partial charge in [0.05, 0.1) is 6.10 Å². The van der Waals surface area contributed by atoms with E-state index in [2.05, 4.69) is 27.9 Å². The molecule has 15 heavy (non-hydrogen) atoms. The summed E-state index contributed by atoms with van der Waals surface area (Å²) in [5.41, 5.74) is 0. The maximum atomic E-state index is 11.4. The predicted molar refractivity (Wildman–Crippen MR) is 69.3 cm³/mol. The zero-order chi connectivity index (χ0) is 11.1. The third-order valence-corrected chi connectivity index (χ3v) is 3.46. The van der Waals surface area contributed by atoms with Gasteiger partial charge in [0.1, 0.15) is 0 Å². The van der Waals surface area contributed by atoms with Crippen LogP contribution in [0.5, 0.6) is 0 Å². The molecule has 0 spiro atoms. The lowest BCUT2D eigenvalue weighted by molar-refractivity contribution is -0.124. The van der Waals surface area contributed by atoms with Gasteiger partial charge in [0.25, 0.3) is 0 Å². The average molecular weight is 325 g/mol. The number of alkyl halides is 1. The molecular formula is C11H20INO2. The van der Waals surface area contributed by atoms with E-state index in [0.717, 1.165) is 36.8 Å². The number of hydrogen-bond acceptors (Lipinski definition) is 2. The van der Waals surface area contributed by atoms with Crippen molar-refractivity contribution in [2.75, 3.05) is 17.6 Å². The third-order valence-electron chi connectivity index (χ3n) is 2.70. The topological polar surface area (TPSA) is 38.3 Å². The van der Waals surface area contributed by atoms with Gasteiger partial charge in [-0.2, -0.15) is 0 Å². The number of amides is 1. The number of halogens is 1. The fourth-order valence-corrected chi connectivity index (χ4v) is 2.22. The Morgan fingerprint density at radius 1 is 1.53 bits per heavy atom. The summed E-state index contributed by atoms with van der Waals surface area (Å²) in [6, 6.07) is 0. The van der Waals surface area contributed by atoms with E-state index < -0.39 is 0 Å². The second-order valence-electron chi connectivity index (χ2n) is 4.01. The van der Waals surface area contributed by atoms with E-state index in [-0.39, 0.29) is 5.91 Å². The van der Waals surface area contributed by atoms with Gasteiger partial charge in [-0.1, -0.05) is 22.6 Å². The SMILES string of the molecule is CCOC1CC(CC(=O)NCCCI)C1. The van der Waals surface area contributed by atoms with E-state index in [1.165, 1.54) is 0 Å². The lowest BCUT2D eigenvalue weighted by atomic mass is 9.80. The predicted octanol–water partition coefficient (Wildman–Crippen LogP) is 2.13. The van der Waals surface area contributed by atoms with Crippen molar-refractivity contribution in [2.45, 2.75) is 38.7 Å². The zero-order valence-electron chi connectivity index (χ0n) is 9.30. The summed E-state index contributed by atoms with van der Waals surface area (Å²) in [4.78, 5) is 11.4. The first kappa shape index (κ1) is 13.2. The molecule has 0 aromatic carbocycles. The van der Waals surface area contributed by atoms with E-state index in [9.17, 15) is 4.79 Å². The average Bonchev–Trinajstić information content (AvgIpc) is 2.15. The molecule has 3 nitrogen and oxygen atoms in total. The summed E-state index contributed by atoms with van der Waals surface area (Å²) in [5.74, 6) is 0.765. The van der Waals surface area contributed by atoms with Gasteiger partial charge >= 0.3 is 0 Å². The third kappa shape index (κ3) is 5.15. The molecule has 1 rings (SSSR count). The Bertz CT molecular complexity index is 193. The molecule has 1 saturated carbocycles. The second kappa shape index (κ2) is 7.44. The largest absolute Gasteiger partial charge is 0.378 e. The molecule has 0 atom stereocenters. The van der Waals surface area contributed by atoms with Crippen molar-refractivity contribution in [3.05, 3.63) is 0 Å². The fraction of sp³-hybridized carbons (Fsp3) is 0.909. The van der Waals surface area contributed by atoms with Crippen molar-refractivity contribution in [2.24, 2.45) is 5.92 Å². The van der Waals surface area contributed by atoms with Gasteiger partial charge in [-0.3, -0.25) is 4.79 Å². The lowest BCUT2D eigenvalue weighted by Crippen LogP contribution is -2.36. The van der Waals surface area contributed by atoms with Crippen LogP contribution >= 0.6 is 22.6 Å². The first-order valence-corrected chi connectivity index (χ1v) is 7.23. The van der Waals surface area contributed by atoms with Crippen LogP contribution in [-0.2, 0) is 9.53 Å². The van der Waals surface area contributed by atoms with Crippen molar-refractivity contribution >= 4 is 28.5 Å². The maximum absolute atomic E-state index is 11.4. The highest BCUT2D eigenvalue weighted by atomic mass is 127. The summed E-state index contributed by atoms with van der Waals surface area (Å²) in [7, 11) is 0. The Hall–Kier alpha value is 0.160. The quantitative estimate of drug-likeness (QED) is 0.442. The summed E-state index contributed by atoms with van der Waals surface area (Å²) >= 11 is 2.32. The van der Waals surface area contributed by atoms with Crippen LogP contribution in [0.4, 0.5) is 0 Å². The van der Waals surface area contributed by atoms with Crippen LogP contribution in [0.2, 0.25) is 0 Å². The molecule has 0 saturated heterocycles. The van der Waals surface area contributed by atoms with Crippen LogP contribution in [-0.4, -0.2) is 29.6 Å². The Labute approximate surface area is 105 Å². The second-order valence-corrected chi connectivity index (χ2v) is 5.09. The minimum absolute atomic E-state index is 0.208. The molecular weight excluding hydrogens is 305 g/mol.